The van der Waals surface area contributed by atoms with Crippen LogP contribution in [-0.2, 0) is 9.59 Å². The van der Waals surface area contributed by atoms with Gasteiger partial charge in [-0.05, 0) is 13.8 Å². The Morgan fingerprint density at radius 3 is 1.91 bits per heavy atom. The van der Waals surface area contributed by atoms with Crippen LogP contribution in [0, 0.1) is 5.92 Å². The summed E-state index contributed by atoms with van der Waals surface area (Å²) in [5.74, 6) is -2.59. The number of carbonyl (C=O) groups is 2. The Balaban J connectivity index is 4.55. The second-order valence-electron chi connectivity index (χ2n) is 2.79. The van der Waals surface area contributed by atoms with E-state index in [9.17, 15) is 14.7 Å². The molecule has 0 fully saturated rings. The number of aliphatic carboxylic acids is 1. The van der Waals surface area contributed by atoms with Crippen molar-refractivity contribution in [2.45, 2.75) is 26.4 Å². The highest BCUT2D eigenvalue weighted by Gasteiger charge is 2.38. The van der Waals surface area contributed by atoms with Crippen molar-refractivity contribution in [3.05, 3.63) is 0 Å². The van der Waals surface area contributed by atoms with E-state index in [0.29, 0.717) is 0 Å². The maximum absolute atomic E-state index is 10.7. The van der Waals surface area contributed by atoms with E-state index in [1.54, 1.807) is 0 Å². The standard InChI is InChI=1S/C7H12O4/c1-4(5(2)8)7(3,11)6(9)10/h4,11H,1-3H3,(H,9,10). The molecular weight excluding hydrogens is 148 g/mol. The molecule has 4 heteroatoms. The molecule has 0 aliphatic carbocycles. The largest absolute Gasteiger partial charge is 0.479 e. The molecule has 2 atom stereocenters. The summed E-state index contributed by atoms with van der Waals surface area (Å²) in [4.78, 5) is 21.0. The van der Waals surface area contributed by atoms with Gasteiger partial charge in [0.1, 0.15) is 5.78 Å². The summed E-state index contributed by atoms with van der Waals surface area (Å²) >= 11 is 0. The summed E-state index contributed by atoms with van der Waals surface area (Å²) in [5, 5.41) is 17.7. The van der Waals surface area contributed by atoms with Crippen LogP contribution in [0.4, 0.5) is 0 Å². The molecular formula is C7H12O4. The quantitative estimate of drug-likeness (QED) is 0.611. The van der Waals surface area contributed by atoms with E-state index in [1.807, 2.05) is 0 Å². The van der Waals surface area contributed by atoms with Gasteiger partial charge in [-0.3, -0.25) is 4.79 Å². The smallest absolute Gasteiger partial charge is 0.336 e. The van der Waals surface area contributed by atoms with E-state index in [4.69, 9.17) is 5.11 Å². The second kappa shape index (κ2) is 3.00. The highest BCUT2D eigenvalue weighted by atomic mass is 16.4. The molecule has 0 aliphatic rings. The van der Waals surface area contributed by atoms with Crippen LogP contribution in [-0.4, -0.2) is 27.6 Å². The Morgan fingerprint density at radius 2 is 1.82 bits per heavy atom. The average molecular weight is 160 g/mol. The lowest BCUT2D eigenvalue weighted by Gasteiger charge is -2.22. The van der Waals surface area contributed by atoms with Gasteiger partial charge in [-0.15, -0.1) is 0 Å². The predicted molar refractivity (Wildman–Crippen MR) is 38.1 cm³/mol. The number of carboxylic acids is 1. The van der Waals surface area contributed by atoms with E-state index in [0.717, 1.165) is 6.92 Å². The Kier molecular flexibility index (Phi) is 2.76. The van der Waals surface area contributed by atoms with Crippen molar-refractivity contribution >= 4 is 11.8 Å². The van der Waals surface area contributed by atoms with Gasteiger partial charge in [0.2, 0.25) is 0 Å². The zero-order valence-corrected chi connectivity index (χ0v) is 6.79. The molecule has 0 aromatic heterocycles. The van der Waals surface area contributed by atoms with Gasteiger partial charge in [-0.25, -0.2) is 4.79 Å². The summed E-state index contributed by atoms with van der Waals surface area (Å²) < 4.78 is 0. The molecule has 0 amide bonds. The van der Waals surface area contributed by atoms with Crippen LogP contribution in [0.25, 0.3) is 0 Å². The first-order chi connectivity index (χ1) is 4.80. The van der Waals surface area contributed by atoms with Crippen LogP contribution < -0.4 is 0 Å². The van der Waals surface area contributed by atoms with E-state index in [-0.39, 0.29) is 5.78 Å². The molecule has 0 spiro atoms. The number of carbonyl (C=O) groups excluding carboxylic acids is 1. The molecule has 4 nitrogen and oxygen atoms in total. The zero-order chi connectivity index (χ0) is 9.23. The maximum Gasteiger partial charge on any atom is 0.336 e. The van der Waals surface area contributed by atoms with Crippen molar-refractivity contribution in [2.24, 2.45) is 5.92 Å². The summed E-state index contributed by atoms with van der Waals surface area (Å²) in [6.07, 6.45) is 0. The summed E-state index contributed by atoms with van der Waals surface area (Å²) in [5.41, 5.74) is -1.95. The minimum absolute atomic E-state index is 0.336. The highest BCUT2D eigenvalue weighted by Crippen LogP contribution is 2.17. The average Bonchev–Trinajstić information content (AvgIpc) is 1.85. The zero-order valence-electron chi connectivity index (χ0n) is 6.79. The van der Waals surface area contributed by atoms with Crippen LogP contribution in [0.15, 0.2) is 0 Å². The molecule has 0 heterocycles. The molecule has 0 bridgehead atoms. The molecule has 0 aromatic rings. The number of Topliss-reactive ketones (excluding diaryl/α,β-unsaturated/α-hetero) is 1. The topological polar surface area (TPSA) is 74.6 Å². The summed E-state index contributed by atoms with van der Waals surface area (Å²) in [7, 11) is 0. The Hall–Kier alpha value is -0.900. The van der Waals surface area contributed by atoms with Crippen molar-refractivity contribution in [3.8, 4) is 0 Å². The third-order valence-corrected chi connectivity index (χ3v) is 1.89. The lowest BCUT2D eigenvalue weighted by atomic mass is 9.88. The van der Waals surface area contributed by atoms with E-state index >= 15 is 0 Å². The van der Waals surface area contributed by atoms with Gasteiger partial charge in [-0.1, -0.05) is 6.92 Å². The molecule has 0 radical (unpaired) electrons. The number of hydrogen-bond acceptors (Lipinski definition) is 3. The minimum Gasteiger partial charge on any atom is -0.479 e. The fourth-order valence-corrected chi connectivity index (χ4v) is 0.581. The Morgan fingerprint density at radius 1 is 1.45 bits per heavy atom. The van der Waals surface area contributed by atoms with Crippen molar-refractivity contribution < 1.29 is 19.8 Å². The van der Waals surface area contributed by atoms with E-state index in [1.165, 1.54) is 13.8 Å². The molecule has 64 valence electrons. The van der Waals surface area contributed by atoms with E-state index in [2.05, 4.69) is 0 Å². The van der Waals surface area contributed by atoms with Gasteiger partial charge >= 0.3 is 5.97 Å². The van der Waals surface area contributed by atoms with Crippen LogP contribution in [0.3, 0.4) is 0 Å². The van der Waals surface area contributed by atoms with Gasteiger partial charge in [0, 0.05) is 0 Å². The van der Waals surface area contributed by atoms with Gasteiger partial charge in [0.15, 0.2) is 5.60 Å². The van der Waals surface area contributed by atoms with Gasteiger partial charge in [-0.2, -0.15) is 0 Å². The monoisotopic (exact) mass is 160 g/mol. The summed E-state index contributed by atoms with van der Waals surface area (Å²) in [6.45, 7) is 3.75. The van der Waals surface area contributed by atoms with E-state index < -0.39 is 17.5 Å². The molecule has 0 aromatic carbocycles. The number of hydrogen-bond donors (Lipinski definition) is 2. The first-order valence-corrected chi connectivity index (χ1v) is 3.26. The second-order valence-corrected chi connectivity index (χ2v) is 2.79. The van der Waals surface area contributed by atoms with Crippen molar-refractivity contribution in [2.75, 3.05) is 0 Å². The molecule has 0 aliphatic heterocycles. The third kappa shape index (κ3) is 2.01. The van der Waals surface area contributed by atoms with Crippen LogP contribution >= 0.6 is 0 Å². The normalized spacial score (nSPS) is 18.5. The lowest BCUT2D eigenvalue weighted by molar-refractivity contribution is -0.164. The van der Waals surface area contributed by atoms with Crippen molar-refractivity contribution in [1.29, 1.82) is 0 Å². The molecule has 11 heavy (non-hydrogen) atoms. The highest BCUT2D eigenvalue weighted by molar-refractivity contribution is 5.88. The fourth-order valence-electron chi connectivity index (χ4n) is 0.581. The molecule has 0 saturated heterocycles. The Bertz CT molecular complexity index is 183. The molecule has 2 N–H and O–H groups in total. The molecule has 0 saturated carbocycles. The fraction of sp³-hybridized carbons (Fsp3) is 0.714. The van der Waals surface area contributed by atoms with Gasteiger partial charge < -0.3 is 10.2 Å². The van der Waals surface area contributed by atoms with Crippen LogP contribution in [0.1, 0.15) is 20.8 Å². The number of ketones is 1. The number of rotatable bonds is 3. The summed E-state index contributed by atoms with van der Waals surface area (Å²) in [6, 6.07) is 0. The van der Waals surface area contributed by atoms with Gasteiger partial charge in [0.05, 0.1) is 5.92 Å². The predicted octanol–water partition coefficient (Wildman–Crippen LogP) is 0.0471. The molecule has 2 unspecified atom stereocenters. The van der Waals surface area contributed by atoms with Crippen LogP contribution in [0.5, 0.6) is 0 Å². The van der Waals surface area contributed by atoms with Crippen molar-refractivity contribution in [3.63, 3.8) is 0 Å². The first kappa shape index (κ1) is 10.1. The first-order valence-electron chi connectivity index (χ1n) is 3.26. The Labute approximate surface area is 64.8 Å². The third-order valence-electron chi connectivity index (χ3n) is 1.89. The maximum atomic E-state index is 10.7. The van der Waals surface area contributed by atoms with Crippen LogP contribution in [0.2, 0.25) is 0 Å². The number of carboxylic acid groups (broad SMARTS) is 1. The lowest BCUT2D eigenvalue weighted by Crippen LogP contribution is -2.44. The minimum atomic E-state index is -1.95. The number of aliphatic hydroxyl groups is 1. The van der Waals surface area contributed by atoms with Crippen molar-refractivity contribution in [1.82, 2.24) is 0 Å². The SMILES string of the molecule is CC(=O)C(C)C(C)(O)C(=O)O. The van der Waals surface area contributed by atoms with Gasteiger partial charge in [0.25, 0.3) is 0 Å². The molecule has 0 rings (SSSR count).